The molecule has 1 amide bonds. The smallest absolute Gasteiger partial charge is 0.239 e. The first-order valence-electron chi connectivity index (χ1n) is 7.20. The number of nitrogens with one attached hydrogen (secondary N) is 2. The lowest BCUT2D eigenvalue weighted by Crippen LogP contribution is -2.52. The molecule has 2 N–H and O–H groups in total. The highest BCUT2D eigenvalue weighted by atomic mass is 35.5. The lowest BCUT2D eigenvalue weighted by Gasteiger charge is -2.24. The van der Waals surface area contributed by atoms with E-state index in [0.29, 0.717) is 37.1 Å². The normalized spacial score (nSPS) is 19.8. The summed E-state index contributed by atoms with van der Waals surface area (Å²) in [5, 5.41) is 6.59. The molecule has 0 saturated carbocycles. The van der Waals surface area contributed by atoms with Crippen LogP contribution in [0.4, 0.5) is 0 Å². The molecule has 1 saturated heterocycles. The van der Waals surface area contributed by atoms with Crippen LogP contribution in [0.25, 0.3) is 0 Å². The number of benzene rings is 1. The van der Waals surface area contributed by atoms with Crippen LogP contribution in [0, 0.1) is 0 Å². The minimum atomic E-state index is -0.281. The number of ether oxygens (including phenoxy) is 2. The third kappa shape index (κ3) is 4.88. The maximum atomic E-state index is 12.0. The molecule has 21 heavy (non-hydrogen) atoms. The molecule has 2 rings (SSSR count). The van der Waals surface area contributed by atoms with Crippen LogP contribution in [0.1, 0.15) is 13.3 Å². The first-order chi connectivity index (χ1) is 10.2. The van der Waals surface area contributed by atoms with Gasteiger partial charge < -0.3 is 20.1 Å². The van der Waals surface area contributed by atoms with Gasteiger partial charge in [0.15, 0.2) is 0 Å². The van der Waals surface area contributed by atoms with E-state index in [1.54, 1.807) is 6.07 Å². The van der Waals surface area contributed by atoms with Crippen LogP contribution >= 0.6 is 11.6 Å². The molecule has 0 aromatic heterocycles. The molecule has 0 bridgehead atoms. The number of morpholine rings is 1. The SMILES string of the molecule is CCC(CNC(=O)C1COCCN1)Oc1ccccc1Cl. The van der Waals surface area contributed by atoms with Gasteiger partial charge in [-0.15, -0.1) is 0 Å². The lowest BCUT2D eigenvalue weighted by molar-refractivity contribution is -0.126. The van der Waals surface area contributed by atoms with E-state index in [1.807, 2.05) is 25.1 Å². The Hall–Kier alpha value is -1.30. The third-order valence-corrected chi connectivity index (χ3v) is 3.64. The van der Waals surface area contributed by atoms with Crippen molar-refractivity contribution in [1.29, 1.82) is 0 Å². The van der Waals surface area contributed by atoms with Gasteiger partial charge in [0.1, 0.15) is 17.9 Å². The highest BCUT2D eigenvalue weighted by Gasteiger charge is 2.22. The van der Waals surface area contributed by atoms with Crippen LogP contribution in [-0.4, -0.2) is 44.4 Å². The highest BCUT2D eigenvalue weighted by Crippen LogP contribution is 2.24. The monoisotopic (exact) mass is 312 g/mol. The molecule has 116 valence electrons. The molecule has 1 heterocycles. The van der Waals surface area contributed by atoms with Crippen molar-refractivity contribution in [1.82, 2.24) is 10.6 Å². The van der Waals surface area contributed by atoms with Gasteiger partial charge in [-0.05, 0) is 18.6 Å². The quantitative estimate of drug-likeness (QED) is 0.838. The zero-order valence-electron chi connectivity index (χ0n) is 12.1. The van der Waals surface area contributed by atoms with Crippen molar-refractivity contribution >= 4 is 17.5 Å². The fourth-order valence-electron chi connectivity index (χ4n) is 2.06. The van der Waals surface area contributed by atoms with E-state index in [0.717, 1.165) is 6.42 Å². The fraction of sp³-hybridized carbons (Fsp3) is 0.533. The van der Waals surface area contributed by atoms with Gasteiger partial charge in [-0.25, -0.2) is 0 Å². The van der Waals surface area contributed by atoms with Crippen LogP contribution in [0.15, 0.2) is 24.3 Å². The molecule has 6 heteroatoms. The summed E-state index contributed by atoms with van der Waals surface area (Å²) >= 11 is 6.07. The molecule has 0 radical (unpaired) electrons. The van der Waals surface area contributed by atoms with E-state index in [2.05, 4.69) is 10.6 Å². The number of hydrogen-bond donors (Lipinski definition) is 2. The Morgan fingerprint density at radius 2 is 2.38 bits per heavy atom. The number of amides is 1. The predicted octanol–water partition coefficient (Wildman–Crippen LogP) is 1.60. The molecule has 2 unspecified atom stereocenters. The molecule has 5 nitrogen and oxygen atoms in total. The van der Waals surface area contributed by atoms with Gasteiger partial charge in [0, 0.05) is 6.54 Å². The first-order valence-corrected chi connectivity index (χ1v) is 7.58. The van der Waals surface area contributed by atoms with Crippen molar-refractivity contribution in [2.75, 3.05) is 26.3 Å². The number of halogens is 1. The number of hydrogen-bond acceptors (Lipinski definition) is 4. The first kappa shape index (κ1) is 16.1. The molecular weight excluding hydrogens is 292 g/mol. The summed E-state index contributed by atoms with van der Waals surface area (Å²) < 4.78 is 11.1. The largest absolute Gasteiger partial charge is 0.487 e. The Morgan fingerprint density at radius 3 is 3.05 bits per heavy atom. The van der Waals surface area contributed by atoms with Crippen molar-refractivity contribution in [2.24, 2.45) is 0 Å². The summed E-state index contributed by atoms with van der Waals surface area (Å²) in [6.45, 7) is 4.21. The predicted molar refractivity (Wildman–Crippen MR) is 81.8 cm³/mol. The van der Waals surface area contributed by atoms with E-state index < -0.39 is 0 Å². The van der Waals surface area contributed by atoms with Crippen LogP contribution < -0.4 is 15.4 Å². The topological polar surface area (TPSA) is 59.6 Å². The second-order valence-corrected chi connectivity index (χ2v) is 5.31. The number of rotatable bonds is 6. The summed E-state index contributed by atoms with van der Waals surface area (Å²) in [5.74, 6) is 0.579. The average Bonchev–Trinajstić information content (AvgIpc) is 2.53. The number of carbonyl (C=O) groups excluding carboxylic acids is 1. The van der Waals surface area contributed by atoms with E-state index in [9.17, 15) is 4.79 Å². The zero-order valence-corrected chi connectivity index (χ0v) is 12.9. The van der Waals surface area contributed by atoms with Crippen molar-refractivity contribution in [3.05, 3.63) is 29.3 Å². The van der Waals surface area contributed by atoms with Gasteiger partial charge in [-0.1, -0.05) is 30.7 Å². The van der Waals surface area contributed by atoms with Crippen LogP contribution in [0.2, 0.25) is 5.02 Å². The van der Waals surface area contributed by atoms with Crippen LogP contribution in [-0.2, 0) is 9.53 Å². The average molecular weight is 313 g/mol. The van der Waals surface area contributed by atoms with Crippen LogP contribution in [0.3, 0.4) is 0 Å². The van der Waals surface area contributed by atoms with E-state index >= 15 is 0 Å². The molecule has 0 aliphatic carbocycles. The lowest BCUT2D eigenvalue weighted by atomic mass is 10.2. The molecule has 1 fully saturated rings. The van der Waals surface area contributed by atoms with Gasteiger partial charge in [0.2, 0.25) is 5.91 Å². The van der Waals surface area contributed by atoms with Gasteiger partial charge in [0.05, 0.1) is 24.8 Å². The third-order valence-electron chi connectivity index (χ3n) is 3.33. The summed E-state index contributed by atoms with van der Waals surface area (Å²) in [5.41, 5.74) is 0. The maximum Gasteiger partial charge on any atom is 0.239 e. The van der Waals surface area contributed by atoms with Gasteiger partial charge in [-0.3, -0.25) is 4.79 Å². The molecule has 0 spiro atoms. The van der Waals surface area contributed by atoms with Crippen molar-refractivity contribution in [2.45, 2.75) is 25.5 Å². The summed E-state index contributed by atoms with van der Waals surface area (Å²) in [4.78, 5) is 12.0. The Labute approximate surface area is 130 Å². The Bertz CT molecular complexity index is 464. The van der Waals surface area contributed by atoms with E-state index in [-0.39, 0.29) is 18.1 Å². The molecule has 1 aromatic rings. The molecular formula is C15H21ClN2O3. The molecule has 1 aromatic carbocycles. The van der Waals surface area contributed by atoms with Gasteiger partial charge in [-0.2, -0.15) is 0 Å². The zero-order chi connectivity index (χ0) is 15.1. The summed E-state index contributed by atoms with van der Waals surface area (Å²) in [6, 6.07) is 7.05. The second kappa shape index (κ2) is 8.22. The standard InChI is InChI=1S/C15H21ClN2O3/c1-2-11(21-14-6-4-3-5-12(14)16)9-18-15(19)13-10-20-8-7-17-13/h3-6,11,13,17H,2,7-10H2,1H3,(H,18,19). The highest BCUT2D eigenvalue weighted by molar-refractivity contribution is 6.32. The van der Waals surface area contributed by atoms with Crippen molar-refractivity contribution < 1.29 is 14.3 Å². The Kier molecular flexibility index (Phi) is 6.29. The number of carbonyl (C=O) groups is 1. The minimum Gasteiger partial charge on any atom is -0.487 e. The maximum absolute atomic E-state index is 12.0. The van der Waals surface area contributed by atoms with Gasteiger partial charge >= 0.3 is 0 Å². The fourth-order valence-corrected chi connectivity index (χ4v) is 2.24. The summed E-state index contributed by atoms with van der Waals surface area (Å²) in [7, 11) is 0. The Morgan fingerprint density at radius 1 is 1.57 bits per heavy atom. The molecule has 1 aliphatic rings. The van der Waals surface area contributed by atoms with E-state index in [1.165, 1.54) is 0 Å². The molecule has 2 atom stereocenters. The number of para-hydroxylation sites is 1. The minimum absolute atomic E-state index is 0.0593. The summed E-state index contributed by atoms with van der Waals surface area (Å²) in [6.07, 6.45) is 0.665. The van der Waals surface area contributed by atoms with Crippen molar-refractivity contribution in [3.8, 4) is 5.75 Å². The second-order valence-electron chi connectivity index (χ2n) is 4.91. The van der Waals surface area contributed by atoms with Gasteiger partial charge in [0.25, 0.3) is 0 Å². The van der Waals surface area contributed by atoms with Crippen LogP contribution in [0.5, 0.6) is 5.75 Å². The van der Waals surface area contributed by atoms with E-state index in [4.69, 9.17) is 21.1 Å². The van der Waals surface area contributed by atoms with Crippen molar-refractivity contribution in [3.63, 3.8) is 0 Å². The Balaban J connectivity index is 1.82. The molecule has 1 aliphatic heterocycles.